The number of benzene rings is 9. The summed E-state index contributed by atoms with van der Waals surface area (Å²) in [5.41, 5.74) is 11.2. The van der Waals surface area contributed by atoms with Gasteiger partial charge in [0.05, 0.1) is 38.8 Å². The average Bonchev–Trinajstić information content (AvgIpc) is 3.90. The summed E-state index contributed by atoms with van der Waals surface area (Å²) < 4.78 is 4.79. The Balaban J connectivity index is 1.15. The lowest BCUT2D eigenvalue weighted by Crippen LogP contribution is -2.03. The van der Waals surface area contributed by atoms with Gasteiger partial charge in [-0.3, -0.25) is 4.57 Å². The molecule has 13 rings (SSSR count). The molecule has 0 N–H and O–H groups in total. The molecule has 4 nitrogen and oxygen atoms in total. The fourth-order valence-electron chi connectivity index (χ4n) is 9.57. The summed E-state index contributed by atoms with van der Waals surface area (Å²) in [5.74, 6) is 0.663. The van der Waals surface area contributed by atoms with E-state index in [2.05, 4.69) is 191 Å². The average molecular weight is 711 g/mol. The Morgan fingerprint density at radius 3 is 1.86 bits per heavy atom. The molecule has 4 heteroatoms. The van der Waals surface area contributed by atoms with Crippen LogP contribution in [-0.2, 0) is 0 Å². The summed E-state index contributed by atoms with van der Waals surface area (Å²) >= 11 is 0. The van der Waals surface area contributed by atoms with Gasteiger partial charge in [0.15, 0.2) is 0 Å². The summed E-state index contributed by atoms with van der Waals surface area (Å²) in [6.45, 7) is 0. The predicted octanol–water partition coefficient (Wildman–Crippen LogP) is 13.5. The fourth-order valence-corrected chi connectivity index (χ4v) is 9.57. The molecular formula is C52H30N4. The number of nitrogens with zero attached hydrogens (tertiary/aromatic N) is 4. The van der Waals surface area contributed by atoms with E-state index < -0.39 is 0 Å². The maximum absolute atomic E-state index is 5.54. The van der Waals surface area contributed by atoms with Gasteiger partial charge in [0, 0.05) is 43.3 Å². The second-order valence-corrected chi connectivity index (χ2v) is 15.0. The van der Waals surface area contributed by atoms with E-state index in [4.69, 9.17) is 9.97 Å². The van der Waals surface area contributed by atoms with Crippen molar-refractivity contribution in [1.29, 1.82) is 0 Å². The van der Waals surface area contributed by atoms with Gasteiger partial charge in [-0.25, -0.2) is 9.97 Å². The molecule has 0 atom stereocenters. The van der Waals surface area contributed by atoms with E-state index >= 15 is 0 Å². The number of hydrogen-bond acceptors (Lipinski definition) is 2. The first-order valence-electron chi connectivity index (χ1n) is 19.2. The molecular weight excluding hydrogens is 681 g/mol. The van der Waals surface area contributed by atoms with E-state index in [0.29, 0.717) is 5.95 Å². The van der Waals surface area contributed by atoms with Crippen LogP contribution in [0.2, 0.25) is 0 Å². The highest BCUT2D eigenvalue weighted by molar-refractivity contribution is 6.35. The maximum Gasteiger partial charge on any atom is 0.235 e. The van der Waals surface area contributed by atoms with Gasteiger partial charge >= 0.3 is 0 Å². The number of fused-ring (bicyclic) bond motifs is 14. The van der Waals surface area contributed by atoms with Gasteiger partial charge in [0.2, 0.25) is 5.95 Å². The van der Waals surface area contributed by atoms with Crippen LogP contribution in [0.4, 0.5) is 0 Å². The molecule has 56 heavy (non-hydrogen) atoms. The minimum Gasteiger partial charge on any atom is -0.308 e. The van der Waals surface area contributed by atoms with Gasteiger partial charge < -0.3 is 4.40 Å². The van der Waals surface area contributed by atoms with Crippen LogP contribution in [0.3, 0.4) is 0 Å². The van der Waals surface area contributed by atoms with Crippen LogP contribution in [0.25, 0.3) is 121 Å². The summed E-state index contributed by atoms with van der Waals surface area (Å²) in [7, 11) is 0. The summed E-state index contributed by atoms with van der Waals surface area (Å²) in [6, 6.07) is 65.8. The Kier molecular flexibility index (Phi) is 5.86. The van der Waals surface area contributed by atoms with Gasteiger partial charge in [-0.2, -0.15) is 0 Å². The van der Waals surface area contributed by atoms with Crippen molar-refractivity contribution in [2.75, 3.05) is 0 Å². The number of para-hydroxylation sites is 3. The van der Waals surface area contributed by atoms with Crippen molar-refractivity contribution in [2.24, 2.45) is 0 Å². The lowest BCUT2D eigenvalue weighted by molar-refractivity contribution is 1.01. The zero-order chi connectivity index (χ0) is 36.5. The topological polar surface area (TPSA) is 35.1 Å². The van der Waals surface area contributed by atoms with Crippen LogP contribution in [0, 0.1) is 0 Å². The third kappa shape index (κ3) is 3.97. The lowest BCUT2D eigenvalue weighted by Gasteiger charge is -2.13. The van der Waals surface area contributed by atoms with Crippen molar-refractivity contribution in [3.63, 3.8) is 0 Å². The Morgan fingerprint density at radius 2 is 1.00 bits per heavy atom. The SMILES string of the molecule is c1ccc(-c2ccc3c4cc5c(c6ccccc6n5-c5nc(-c6ccc7ccc8ccccc8c7c6)c6ccccc6n5)c5c6ccccc6n(c3c2)c45)cc1. The van der Waals surface area contributed by atoms with E-state index in [0.717, 1.165) is 33.2 Å². The maximum atomic E-state index is 5.54. The molecule has 9 aromatic carbocycles. The summed E-state index contributed by atoms with van der Waals surface area (Å²) in [6.07, 6.45) is 0. The van der Waals surface area contributed by atoms with Crippen LogP contribution in [0.5, 0.6) is 0 Å². The molecule has 0 unspecified atom stereocenters. The molecule has 0 spiro atoms. The van der Waals surface area contributed by atoms with E-state index in [1.54, 1.807) is 0 Å². The van der Waals surface area contributed by atoms with Crippen molar-refractivity contribution in [1.82, 2.24) is 18.9 Å². The van der Waals surface area contributed by atoms with Crippen molar-refractivity contribution in [3.05, 3.63) is 182 Å². The minimum absolute atomic E-state index is 0.663. The van der Waals surface area contributed by atoms with E-state index in [1.165, 1.54) is 81.5 Å². The van der Waals surface area contributed by atoms with Gasteiger partial charge in [0.25, 0.3) is 0 Å². The molecule has 0 aliphatic rings. The van der Waals surface area contributed by atoms with E-state index in [9.17, 15) is 0 Å². The first-order valence-corrected chi connectivity index (χ1v) is 19.2. The summed E-state index contributed by atoms with van der Waals surface area (Å²) in [5, 5.41) is 13.3. The fraction of sp³-hybridized carbons (Fsp3) is 0. The summed E-state index contributed by atoms with van der Waals surface area (Å²) in [4.78, 5) is 10.9. The van der Waals surface area contributed by atoms with Crippen molar-refractivity contribution in [2.45, 2.75) is 0 Å². The van der Waals surface area contributed by atoms with E-state index in [-0.39, 0.29) is 0 Å². The van der Waals surface area contributed by atoms with Crippen molar-refractivity contribution >= 4 is 92.3 Å². The second-order valence-electron chi connectivity index (χ2n) is 15.0. The highest BCUT2D eigenvalue weighted by Crippen LogP contribution is 2.47. The zero-order valence-electron chi connectivity index (χ0n) is 30.1. The van der Waals surface area contributed by atoms with E-state index in [1.807, 2.05) is 0 Å². The first-order chi connectivity index (χ1) is 27.8. The first kappa shape index (κ1) is 29.8. The third-order valence-electron chi connectivity index (χ3n) is 12.0. The van der Waals surface area contributed by atoms with Crippen LogP contribution in [0.1, 0.15) is 0 Å². The quantitative estimate of drug-likeness (QED) is 0.171. The van der Waals surface area contributed by atoms with Crippen molar-refractivity contribution < 1.29 is 0 Å². The molecule has 0 aliphatic heterocycles. The molecule has 0 bridgehead atoms. The van der Waals surface area contributed by atoms with Crippen molar-refractivity contribution in [3.8, 4) is 28.3 Å². The largest absolute Gasteiger partial charge is 0.308 e. The zero-order valence-corrected chi connectivity index (χ0v) is 30.1. The van der Waals surface area contributed by atoms with Gasteiger partial charge in [-0.05, 0) is 69.1 Å². The highest BCUT2D eigenvalue weighted by Gasteiger charge is 2.25. The number of hydrogen-bond donors (Lipinski definition) is 0. The molecule has 0 aliphatic carbocycles. The molecule has 4 aromatic heterocycles. The molecule has 0 saturated carbocycles. The van der Waals surface area contributed by atoms with Gasteiger partial charge in [-0.15, -0.1) is 0 Å². The minimum atomic E-state index is 0.663. The molecule has 13 aromatic rings. The Morgan fingerprint density at radius 1 is 0.339 bits per heavy atom. The van der Waals surface area contributed by atoms with Crippen LogP contribution >= 0.6 is 0 Å². The number of rotatable bonds is 3. The normalized spacial score (nSPS) is 12.3. The van der Waals surface area contributed by atoms with Crippen LogP contribution < -0.4 is 0 Å². The third-order valence-corrected chi connectivity index (χ3v) is 12.0. The van der Waals surface area contributed by atoms with Gasteiger partial charge in [0.1, 0.15) is 0 Å². The predicted molar refractivity (Wildman–Crippen MR) is 234 cm³/mol. The smallest absolute Gasteiger partial charge is 0.235 e. The monoisotopic (exact) mass is 710 g/mol. The molecule has 0 amide bonds. The van der Waals surface area contributed by atoms with Gasteiger partial charge in [-0.1, -0.05) is 146 Å². The van der Waals surface area contributed by atoms with Crippen LogP contribution in [-0.4, -0.2) is 18.9 Å². The standard InChI is InChI=1S/C52H30N4/c1-2-12-31(13-3-1)34-26-27-37-42-30-47-48(49-40-18-8-10-20-44(40)55(51(42)49)46(37)29-34)39-17-7-11-21-45(39)56(47)52-53-43-19-9-6-16-38(43)50(54-52)35-25-24-33-23-22-32-14-4-5-15-36(32)41(33)28-35/h1-30H. The number of aromatic nitrogens is 4. The molecule has 258 valence electrons. The Hall–Kier alpha value is -7.56. The van der Waals surface area contributed by atoms with Crippen LogP contribution in [0.15, 0.2) is 182 Å². The Bertz CT molecular complexity index is 3760. The molecule has 4 heterocycles. The Labute approximate surface area is 320 Å². The highest BCUT2D eigenvalue weighted by atomic mass is 15.2. The molecule has 0 radical (unpaired) electrons. The second kappa shape index (κ2) is 11.0. The molecule has 0 fully saturated rings. The lowest BCUT2D eigenvalue weighted by atomic mass is 9.98. The molecule has 0 saturated heterocycles.